The molecule has 0 unspecified atom stereocenters. The van der Waals surface area contributed by atoms with Crippen LogP contribution in [0.5, 0.6) is 0 Å². The number of carbonyl (C=O) groups excluding carboxylic acids is 2. The molecule has 0 saturated carbocycles. The summed E-state index contributed by atoms with van der Waals surface area (Å²) < 4.78 is 26.4. The zero-order valence-electron chi connectivity index (χ0n) is 11.2. The number of hydrogen-bond donors (Lipinski definition) is 1. The van der Waals surface area contributed by atoms with Crippen molar-refractivity contribution in [2.75, 3.05) is 27.2 Å². The van der Waals surface area contributed by atoms with Gasteiger partial charge in [-0.05, 0) is 12.1 Å². The molecule has 0 aliphatic carbocycles. The van der Waals surface area contributed by atoms with Gasteiger partial charge in [-0.2, -0.15) is 12.7 Å². The molecule has 1 heterocycles. The van der Waals surface area contributed by atoms with Crippen LogP contribution in [-0.2, 0) is 10.2 Å². The van der Waals surface area contributed by atoms with Crippen LogP contribution in [0.3, 0.4) is 0 Å². The number of benzene rings is 1. The standard InChI is InChI=1S/C12H15N3O4S/c1-14(2)20(18,19)13-7-8-15-11(16)9-5-3-4-6-10(9)12(15)17/h3-6,13H,7-8H2,1-2H3. The second-order valence-corrected chi connectivity index (χ2v) is 6.46. The molecule has 1 aromatic carbocycles. The van der Waals surface area contributed by atoms with Crippen LogP contribution in [0.25, 0.3) is 0 Å². The number of fused-ring (bicyclic) bond motifs is 1. The smallest absolute Gasteiger partial charge is 0.273 e. The first-order chi connectivity index (χ1) is 9.34. The Labute approximate surface area is 117 Å². The summed E-state index contributed by atoms with van der Waals surface area (Å²) in [7, 11) is -0.772. The fourth-order valence-corrected chi connectivity index (χ4v) is 2.47. The molecule has 20 heavy (non-hydrogen) atoms. The van der Waals surface area contributed by atoms with Gasteiger partial charge in [-0.3, -0.25) is 14.5 Å². The van der Waals surface area contributed by atoms with Gasteiger partial charge in [0.15, 0.2) is 0 Å². The topological polar surface area (TPSA) is 86.8 Å². The van der Waals surface area contributed by atoms with E-state index in [9.17, 15) is 18.0 Å². The van der Waals surface area contributed by atoms with Gasteiger partial charge in [0.1, 0.15) is 0 Å². The highest BCUT2D eigenvalue weighted by Gasteiger charge is 2.34. The normalized spacial score (nSPS) is 15.1. The molecule has 0 spiro atoms. The fraction of sp³-hybridized carbons (Fsp3) is 0.333. The summed E-state index contributed by atoms with van der Waals surface area (Å²) in [6, 6.07) is 6.53. The quantitative estimate of drug-likeness (QED) is 0.755. The third-order valence-corrected chi connectivity index (χ3v) is 4.51. The van der Waals surface area contributed by atoms with Gasteiger partial charge < -0.3 is 0 Å². The van der Waals surface area contributed by atoms with Gasteiger partial charge in [-0.1, -0.05) is 12.1 Å². The van der Waals surface area contributed by atoms with E-state index in [1.807, 2.05) is 0 Å². The molecule has 0 atom stereocenters. The predicted molar refractivity (Wildman–Crippen MR) is 72.4 cm³/mol. The van der Waals surface area contributed by atoms with Crippen LogP contribution in [0.1, 0.15) is 20.7 Å². The highest BCUT2D eigenvalue weighted by atomic mass is 32.2. The van der Waals surface area contributed by atoms with Crippen LogP contribution in [-0.4, -0.2) is 56.6 Å². The van der Waals surface area contributed by atoms with Gasteiger partial charge in [0.25, 0.3) is 22.0 Å². The highest BCUT2D eigenvalue weighted by molar-refractivity contribution is 7.87. The molecular weight excluding hydrogens is 282 g/mol. The monoisotopic (exact) mass is 297 g/mol. The van der Waals surface area contributed by atoms with Crippen LogP contribution in [0, 0.1) is 0 Å². The molecule has 0 fully saturated rings. The fourth-order valence-electron chi connectivity index (χ4n) is 1.86. The molecule has 1 aliphatic rings. The highest BCUT2D eigenvalue weighted by Crippen LogP contribution is 2.21. The number of nitrogens with one attached hydrogen (secondary N) is 1. The first-order valence-corrected chi connectivity index (χ1v) is 7.41. The van der Waals surface area contributed by atoms with Crippen LogP contribution >= 0.6 is 0 Å². The lowest BCUT2D eigenvalue weighted by Crippen LogP contribution is -2.41. The van der Waals surface area contributed by atoms with Crippen molar-refractivity contribution in [3.63, 3.8) is 0 Å². The van der Waals surface area contributed by atoms with E-state index in [1.165, 1.54) is 14.1 Å². The minimum absolute atomic E-state index is 0.000579. The van der Waals surface area contributed by atoms with Gasteiger partial charge in [-0.15, -0.1) is 0 Å². The van der Waals surface area contributed by atoms with Crippen molar-refractivity contribution < 1.29 is 18.0 Å². The van der Waals surface area contributed by atoms with Gasteiger partial charge >= 0.3 is 0 Å². The lowest BCUT2D eigenvalue weighted by Gasteiger charge is -2.16. The second-order valence-electron chi connectivity index (χ2n) is 4.49. The molecule has 2 rings (SSSR count). The van der Waals surface area contributed by atoms with Crippen molar-refractivity contribution in [1.82, 2.24) is 13.9 Å². The van der Waals surface area contributed by atoms with Crippen molar-refractivity contribution in [1.29, 1.82) is 0 Å². The van der Waals surface area contributed by atoms with E-state index in [4.69, 9.17) is 0 Å². The maximum absolute atomic E-state index is 12.0. The Balaban J connectivity index is 2.03. The summed E-state index contributed by atoms with van der Waals surface area (Å²) in [5.41, 5.74) is 0.709. The van der Waals surface area contributed by atoms with Crippen LogP contribution in [0.15, 0.2) is 24.3 Å². The number of hydrogen-bond acceptors (Lipinski definition) is 4. The molecule has 8 heteroatoms. The van der Waals surface area contributed by atoms with Gasteiger partial charge in [0.2, 0.25) is 0 Å². The molecule has 1 aliphatic heterocycles. The maximum atomic E-state index is 12.0. The van der Waals surface area contributed by atoms with Gasteiger partial charge in [0.05, 0.1) is 11.1 Å². The van der Waals surface area contributed by atoms with Crippen LogP contribution in [0.2, 0.25) is 0 Å². The van der Waals surface area contributed by atoms with Gasteiger partial charge in [0, 0.05) is 27.2 Å². The Kier molecular flexibility index (Phi) is 3.89. The largest absolute Gasteiger partial charge is 0.278 e. The van der Waals surface area contributed by atoms with Crippen LogP contribution in [0.4, 0.5) is 0 Å². The SMILES string of the molecule is CN(C)S(=O)(=O)NCCN1C(=O)c2ccccc2C1=O. The lowest BCUT2D eigenvalue weighted by atomic mass is 10.1. The predicted octanol–water partition coefficient (Wildman–Crippen LogP) is -0.321. The minimum atomic E-state index is -3.56. The van der Waals surface area contributed by atoms with E-state index < -0.39 is 22.0 Å². The van der Waals surface area contributed by atoms with Crippen molar-refractivity contribution in [2.45, 2.75) is 0 Å². The van der Waals surface area contributed by atoms with Crippen molar-refractivity contribution >= 4 is 22.0 Å². The summed E-state index contributed by atoms with van der Waals surface area (Å²) in [4.78, 5) is 25.1. The lowest BCUT2D eigenvalue weighted by molar-refractivity contribution is 0.0657. The Morgan fingerprint density at radius 1 is 1.10 bits per heavy atom. The molecule has 0 aromatic heterocycles. The summed E-state index contributed by atoms with van der Waals surface area (Å²) in [5, 5.41) is 0. The average molecular weight is 297 g/mol. The third-order valence-electron chi connectivity index (χ3n) is 2.98. The third kappa shape index (κ3) is 2.58. The zero-order chi connectivity index (χ0) is 14.9. The van der Waals surface area contributed by atoms with E-state index in [2.05, 4.69) is 4.72 Å². The molecule has 2 amide bonds. The number of rotatable bonds is 5. The molecule has 108 valence electrons. The molecule has 1 N–H and O–H groups in total. The summed E-state index contributed by atoms with van der Waals surface area (Å²) in [6.07, 6.45) is 0. The van der Waals surface area contributed by atoms with E-state index in [0.29, 0.717) is 11.1 Å². The first-order valence-electron chi connectivity index (χ1n) is 5.97. The average Bonchev–Trinajstić information content (AvgIpc) is 2.64. The van der Waals surface area contributed by atoms with Crippen molar-refractivity contribution in [3.05, 3.63) is 35.4 Å². The zero-order valence-corrected chi connectivity index (χ0v) is 12.0. The van der Waals surface area contributed by atoms with E-state index >= 15 is 0 Å². The summed E-state index contributed by atoms with van der Waals surface area (Å²) in [6.45, 7) is -0.0224. The van der Waals surface area contributed by atoms with Crippen molar-refractivity contribution in [2.24, 2.45) is 0 Å². The van der Waals surface area contributed by atoms with E-state index in [-0.39, 0.29) is 13.1 Å². The number of imide groups is 1. The molecule has 7 nitrogen and oxygen atoms in total. The molecule has 0 radical (unpaired) electrons. The number of carbonyl (C=O) groups is 2. The molecule has 0 bridgehead atoms. The molecular formula is C12H15N3O4S. The molecule has 1 aromatic rings. The minimum Gasteiger partial charge on any atom is -0.273 e. The summed E-state index contributed by atoms with van der Waals surface area (Å²) in [5.74, 6) is -0.788. The Hall–Kier alpha value is -1.77. The number of amides is 2. The first kappa shape index (κ1) is 14.6. The van der Waals surface area contributed by atoms with Crippen LogP contribution < -0.4 is 4.72 Å². The maximum Gasteiger partial charge on any atom is 0.278 e. The van der Waals surface area contributed by atoms with Gasteiger partial charge in [-0.25, -0.2) is 4.72 Å². The Bertz CT molecular complexity index is 619. The van der Waals surface area contributed by atoms with E-state index in [1.54, 1.807) is 24.3 Å². The Morgan fingerprint density at radius 2 is 1.60 bits per heavy atom. The Morgan fingerprint density at radius 3 is 2.05 bits per heavy atom. The second kappa shape index (κ2) is 5.31. The van der Waals surface area contributed by atoms with Crippen molar-refractivity contribution in [3.8, 4) is 0 Å². The number of nitrogens with zero attached hydrogens (tertiary/aromatic N) is 2. The molecule has 0 saturated heterocycles. The summed E-state index contributed by atoms with van der Waals surface area (Å²) >= 11 is 0. The van der Waals surface area contributed by atoms with E-state index in [0.717, 1.165) is 9.21 Å².